The largest absolute Gasteiger partial charge is 0.478 e. The molecule has 0 atom stereocenters. The van der Waals surface area contributed by atoms with Gasteiger partial charge in [0.2, 0.25) is 0 Å². The second-order valence-corrected chi connectivity index (χ2v) is 6.60. The lowest BCUT2D eigenvalue weighted by Crippen LogP contribution is -2.11. The molecular formula is C20H33N3O2. The molecule has 0 fully saturated rings. The highest BCUT2D eigenvalue weighted by Gasteiger charge is 2.01. The van der Waals surface area contributed by atoms with Gasteiger partial charge in [-0.25, -0.2) is 4.79 Å². The van der Waals surface area contributed by atoms with Crippen molar-refractivity contribution in [2.75, 3.05) is 13.6 Å². The summed E-state index contributed by atoms with van der Waals surface area (Å²) in [4.78, 5) is 10.8. The van der Waals surface area contributed by atoms with Gasteiger partial charge in [0.15, 0.2) is 0 Å². The molecule has 1 N–H and O–H groups in total. The molecule has 0 aliphatic carbocycles. The summed E-state index contributed by atoms with van der Waals surface area (Å²) in [6, 6.07) is 6.42. The first kappa shape index (κ1) is 21.1. The van der Waals surface area contributed by atoms with Gasteiger partial charge in [-0.05, 0) is 30.7 Å². The normalized spacial score (nSPS) is 11.1. The van der Waals surface area contributed by atoms with Gasteiger partial charge in [0.1, 0.15) is 0 Å². The average Bonchev–Trinajstić information content (AvgIpc) is 2.62. The van der Waals surface area contributed by atoms with Crippen LogP contribution in [0, 0.1) is 0 Å². The lowest BCUT2D eigenvalue weighted by molar-refractivity contribution is 0.0697. The summed E-state index contributed by atoms with van der Waals surface area (Å²) in [5.74, 6) is -0.929. The van der Waals surface area contributed by atoms with Crippen LogP contribution in [0.2, 0.25) is 0 Å². The van der Waals surface area contributed by atoms with Crippen LogP contribution in [-0.4, -0.2) is 29.7 Å². The smallest absolute Gasteiger partial charge is 0.335 e. The van der Waals surface area contributed by atoms with E-state index >= 15 is 0 Å². The van der Waals surface area contributed by atoms with Gasteiger partial charge in [-0.15, -0.1) is 5.11 Å². The van der Waals surface area contributed by atoms with Crippen molar-refractivity contribution >= 4 is 11.7 Å². The minimum Gasteiger partial charge on any atom is -0.478 e. The van der Waals surface area contributed by atoms with Crippen molar-refractivity contribution in [1.82, 2.24) is 5.01 Å². The van der Waals surface area contributed by atoms with E-state index in [-0.39, 0.29) is 5.56 Å². The number of hydrogen-bond acceptors (Lipinski definition) is 3. The molecule has 0 heterocycles. The molecule has 5 nitrogen and oxygen atoms in total. The molecule has 0 aromatic heterocycles. The predicted octanol–water partition coefficient (Wildman–Crippen LogP) is 6.24. The summed E-state index contributed by atoms with van der Waals surface area (Å²) in [7, 11) is 1.92. The summed E-state index contributed by atoms with van der Waals surface area (Å²) in [6.07, 6.45) is 13.2. The Bertz CT molecular complexity index is 500. The maximum absolute atomic E-state index is 10.8. The number of carboxylic acids is 1. The monoisotopic (exact) mass is 347 g/mol. The Hall–Kier alpha value is -1.91. The number of aromatic carboxylic acids is 1. The van der Waals surface area contributed by atoms with E-state index in [2.05, 4.69) is 17.3 Å². The maximum atomic E-state index is 10.8. The molecule has 0 saturated carbocycles. The van der Waals surface area contributed by atoms with Crippen molar-refractivity contribution in [1.29, 1.82) is 0 Å². The van der Waals surface area contributed by atoms with Gasteiger partial charge in [-0.1, -0.05) is 69.9 Å². The summed E-state index contributed by atoms with van der Waals surface area (Å²) in [5, 5.41) is 19.0. The van der Waals surface area contributed by atoms with E-state index in [0.29, 0.717) is 5.69 Å². The summed E-state index contributed by atoms with van der Waals surface area (Å²) in [6.45, 7) is 3.15. The van der Waals surface area contributed by atoms with Gasteiger partial charge < -0.3 is 5.11 Å². The van der Waals surface area contributed by atoms with Crippen molar-refractivity contribution in [2.45, 2.75) is 71.1 Å². The molecule has 140 valence electrons. The minimum atomic E-state index is -0.929. The van der Waals surface area contributed by atoms with Crippen LogP contribution in [0.1, 0.15) is 81.5 Å². The van der Waals surface area contributed by atoms with E-state index in [9.17, 15) is 4.79 Å². The molecular weight excluding hydrogens is 314 g/mol. The third-order valence-corrected chi connectivity index (χ3v) is 4.26. The number of rotatable bonds is 14. The lowest BCUT2D eigenvalue weighted by Gasteiger charge is -2.10. The molecule has 5 heteroatoms. The second-order valence-electron chi connectivity index (χ2n) is 6.60. The number of unbranched alkanes of at least 4 members (excludes halogenated alkanes) is 9. The van der Waals surface area contributed by atoms with E-state index in [1.807, 2.05) is 12.1 Å². The van der Waals surface area contributed by atoms with Crippen LogP contribution in [0.25, 0.3) is 0 Å². The fraction of sp³-hybridized carbons (Fsp3) is 0.650. The van der Waals surface area contributed by atoms with Gasteiger partial charge in [0.25, 0.3) is 0 Å². The first-order valence-electron chi connectivity index (χ1n) is 9.59. The Morgan fingerprint density at radius 3 is 1.96 bits per heavy atom. The van der Waals surface area contributed by atoms with Gasteiger partial charge in [-0.2, -0.15) is 0 Å². The highest BCUT2D eigenvalue weighted by molar-refractivity contribution is 5.87. The lowest BCUT2D eigenvalue weighted by atomic mass is 10.1. The molecule has 25 heavy (non-hydrogen) atoms. The Morgan fingerprint density at radius 1 is 0.920 bits per heavy atom. The zero-order valence-corrected chi connectivity index (χ0v) is 15.8. The van der Waals surface area contributed by atoms with E-state index in [1.54, 1.807) is 24.3 Å². The van der Waals surface area contributed by atoms with Crippen molar-refractivity contribution in [2.24, 2.45) is 10.3 Å². The number of carboxylic acid groups (broad SMARTS) is 1. The molecule has 0 aliphatic heterocycles. The van der Waals surface area contributed by atoms with Crippen LogP contribution < -0.4 is 0 Å². The Balaban J connectivity index is 2.06. The minimum absolute atomic E-state index is 0.262. The number of benzene rings is 1. The molecule has 1 aromatic carbocycles. The van der Waals surface area contributed by atoms with Gasteiger partial charge in [0, 0.05) is 13.6 Å². The predicted molar refractivity (Wildman–Crippen MR) is 102 cm³/mol. The molecule has 0 radical (unpaired) electrons. The summed E-state index contributed by atoms with van der Waals surface area (Å²) in [5.41, 5.74) is 0.928. The van der Waals surface area contributed by atoms with Gasteiger partial charge >= 0.3 is 5.97 Å². The van der Waals surface area contributed by atoms with Crippen molar-refractivity contribution in [3.05, 3.63) is 29.8 Å². The van der Waals surface area contributed by atoms with Crippen LogP contribution in [0.3, 0.4) is 0 Å². The highest BCUT2D eigenvalue weighted by Crippen LogP contribution is 2.14. The highest BCUT2D eigenvalue weighted by atomic mass is 16.4. The molecule has 0 saturated heterocycles. The van der Waals surface area contributed by atoms with Crippen molar-refractivity contribution < 1.29 is 9.90 Å². The van der Waals surface area contributed by atoms with Crippen LogP contribution in [0.4, 0.5) is 5.69 Å². The zero-order valence-electron chi connectivity index (χ0n) is 15.8. The molecule has 1 aromatic rings. The van der Waals surface area contributed by atoms with Crippen LogP contribution >= 0.6 is 0 Å². The Labute approximate surface area is 152 Å². The summed E-state index contributed by atoms with van der Waals surface area (Å²) >= 11 is 0. The average molecular weight is 348 g/mol. The first-order valence-corrected chi connectivity index (χ1v) is 9.59. The summed E-state index contributed by atoms with van der Waals surface area (Å²) < 4.78 is 0. The fourth-order valence-corrected chi connectivity index (χ4v) is 2.67. The van der Waals surface area contributed by atoms with Gasteiger partial charge in [0.05, 0.1) is 11.3 Å². The zero-order chi connectivity index (χ0) is 18.3. The molecule has 0 bridgehead atoms. The van der Waals surface area contributed by atoms with E-state index in [1.165, 1.54) is 57.8 Å². The van der Waals surface area contributed by atoms with Gasteiger partial charge in [-0.3, -0.25) is 5.01 Å². The molecule has 0 unspecified atom stereocenters. The fourth-order valence-electron chi connectivity index (χ4n) is 2.67. The van der Waals surface area contributed by atoms with E-state index in [4.69, 9.17) is 5.11 Å². The first-order chi connectivity index (χ1) is 12.1. The third kappa shape index (κ3) is 10.5. The van der Waals surface area contributed by atoms with Crippen molar-refractivity contribution in [3.63, 3.8) is 0 Å². The van der Waals surface area contributed by atoms with E-state index < -0.39 is 5.97 Å². The second kappa shape index (κ2) is 13.4. The Kier molecular flexibility index (Phi) is 11.3. The van der Waals surface area contributed by atoms with Crippen LogP contribution in [0.5, 0.6) is 0 Å². The van der Waals surface area contributed by atoms with Crippen LogP contribution in [-0.2, 0) is 0 Å². The molecule has 1 rings (SSSR count). The standard InChI is InChI=1S/C20H33N3O2/c1-3-4-5-6-7-8-9-10-11-12-17-23(2)22-21-19-15-13-18(14-16-19)20(24)25/h13-16H,3-12,17H2,1-2H3,(H,24,25). The third-order valence-electron chi connectivity index (χ3n) is 4.26. The molecule has 0 aliphatic rings. The number of nitrogens with zero attached hydrogens (tertiary/aromatic N) is 3. The number of hydrogen-bond donors (Lipinski definition) is 1. The Morgan fingerprint density at radius 2 is 1.44 bits per heavy atom. The topological polar surface area (TPSA) is 65.3 Å². The number of carbonyl (C=O) groups is 1. The molecule has 0 spiro atoms. The maximum Gasteiger partial charge on any atom is 0.335 e. The molecule has 0 amide bonds. The van der Waals surface area contributed by atoms with E-state index in [0.717, 1.165) is 13.0 Å². The quantitative estimate of drug-likeness (QED) is 0.246. The van der Waals surface area contributed by atoms with Crippen molar-refractivity contribution in [3.8, 4) is 0 Å². The SMILES string of the molecule is CCCCCCCCCCCCN(C)N=Nc1ccc(C(=O)O)cc1. The van der Waals surface area contributed by atoms with Crippen LogP contribution in [0.15, 0.2) is 34.6 Å².